The van der Waals surface area contributed by atoms with E-state index in [1.54, 1.807) is 0 Å². The van der Waals surface area contributed by atoms with Gasteiger partial charge in [0.2, 0.25) is 0 Å². The molecule has 0 unspecified atom stereocenters. The monoisotopic (exact) mass is 865 g/mol. The predicted octanol–water partition coefficient (Wildman–Crippen LogP) is 11.3. The van der Waals surface area contributed by atoms with Crippen LogP contribution in [0, 0.1) is 39.6 Å². The van der Waals surface area contributed by atoms with Crippen molar-refractivity contribution in [2.75, 3.05) is 4.90 Å². The molecule has 53 heavy (non-hydrogen) atoms. The second kappa shape index (κ2) is 12.8. The average Bonchev–Trinajstić information content (AvgIpc) is 3.70. The summed E-state index contributed by atoms with van der Waals surface area (Å²) in [5, 5.41) is 2.22. The van der Waals surface area contributed by atoms with Gasteiger partial charge in [0, 0.05) is 61.3 Å². The van der Waals surface area contributed by atoms with Crippen LogP contribution in [-0.2, 0) is 21.1 Å². The van der Waals surface area contributed by atoms with E-state index in [2.05, 4.69) is 151 Å². The van der Waals surface area contributed by atoms with Gasteiger partial charge in [0.1, 0.15) is 5.82 Å². The summed E-state index contributed by atoms with van der Waals surface area (Å²) in [6.45, 7) is 8.61. The van der Waals surface area contributed by atoms with Gasteiger partial charge in [-0.15, -0.1) is 41.3 Å². The third kappa shape index (κ3) is 5.41. The fourth-order valence-electron chi connectivity index (χ4n) is 7.86. The number of anilines is 2. The first kappa shape index (κ1) is 32.8. The average molecular weight is 866 g/mol. The summed E-state index contributed by atoms with van der Waals surface area (Å²) in [4.78, 5) is 11.9. The summed E-state index contributed by atoms with van der Waals surface area (Å²) in [6.07, 6.45) is 1.82. The van der Waals surface area contributed by atoms with Gasteiger partial charge in [-0.05, 0) is 90.9 Å². The molecule has 9 aromatic rings. The van der Waals surface area contributed by atoms with Crippen molar-refractivity contribution >= 4 is 44.2 Å². The Labute approximate surface area is 322 Å². The normalized spacial score (nSPS) is 12.0. The Morgan fingerprint density at radius 2 is 1.43 bits per heavy atom. The van der Waals surface area contributed by atoms with Gasteiger partial charge < -0.3 is 23.8 Å². The quantitative estimate of drug-likeness (QED) is 0.162. The maximum Gasteiger partial charge on any atom is 0.135 e. The predicted molar refractivity (Wildman–Crippen MR) is 209 cm³/mol. The molecule has 0 saturated carbocycles. The van der Waals surface area contributed by atoms with Crippen molar-refractivity contribution in [2.24, 2.45) is 0 Å². The molecule has 0 N–H and O–H groups in total. The molecule has 1 aliphatic rings. The van der Waals surface area contributed by atoms with Crippen LogP contribution >= 0.6 is 0 Å². The molecule has 6 aromatic carbocycles. The topological polar surface area (TPSA) is 48.1 Å². The van der Waals surface area contributed by atoms with Crippen LogP contribution in [0.25, 0.3) is 61.2 Å². The fourth-order valence-corrected chi connectivity index (χ4v) is 7.86. The van der Waals surface area contributed by atoms with E-state index in [4.69, 9.17) is 14.7 Å². The van der Waals surface area contributed by atoms with E-state index in [1.807, 2.05) is 36.5 Å². The summed E-state index contributed by atoms with van der Waals surface area (Å²) in [7, 11) is 0. The molecule has 10 rings (SSSR count). The first-order valence-corrected chi connectivity index (χ1v) is 17.4. The SMILES string of the molecule is Cc1cc(C)c(-c2cc(Oc3[c-]c4c(cc3)c3ccccc3n4-c3ccccn3)[c-]c(N3[CH-]n4c(nc5ccccc54)-c4ccccc43)c2)c(C)c1.[Pt]. The summed E-state index contributed by atoms with van der Waals surface area (Å²) in [5.74, 6) is 2.93. The number of nitrogens with zero attached hydrogens (tertiary/aromatic N) is 5. The molecule has 0 radical (unpaired) electrons. The van der Waals surface area contributed by atoms with Crippen LogP contribution in [0.4, 0.5) is 11.4 Å². The second-order valence-electron chi connectivity index (χ2n) is 13.4. The zero-order chi connectivity index (χ0) is 34.9. The summed E-state index contributed by atoms with van der Waals surface area (Å²) >= 11 is 0. The third-order valence-electron chi connectivity index (χ3n) is 9.94. The third-order valence-corrected chi connectivity index (χ3v) is 9.94. The van der Waals surface area contributed by atoms with E-state index in [1.165, 1.54) is 22.3 Å². The molecule has 0 saturated heterocycles. The minimum atomic E-state index is 0. The number of rotatable bonds is 5. The standard InChI is InChI=1S/C46H32N5O.Pt/c1-29-22-30(2)45(31(3)23-29)32-24-33(49-28-50-42-17-9-6-14-39(42)48-46(50)38-13-5-7-15-40(38)49)26-35(25-32)52-34-19-20-37-36-12-4-8-16-41(36)51(43(37)27-34)44-18-10-11-21-47-44;/h4-25,28H,1-3H3;/q-3;. The molecule has 0 atom stereocenters. The van der Waals surface area contributed by atoms with Gasteiger partial charge in [-0.2, -0.15) is 6.07 Å². The molecule has 0 amide bonds. The van der Waals surface area contributed by atoms with Gasteiger partial charge in [-0.25, -0.2) is 4.98 Å². The van der Waals surface area contributed by atoms with Crippen molar-refractivity contribution in [3.8, 4) is 39.8 Å². The number of imidazole rings is 1. The van der Waals surface area contributed by atoms with Gasteiger partial charge in [0.15, 0.2) is 0 Å². The number of ether oxygens (including phenoxy) is 1. The van der Waals surface area contributed by atoms with Gasteiger partial charge in [0.05, 0.1) is 0 Å². The van der Waals surface area contributed by atoms with Gasteiger partial charge in [-0.1, -0.05) is 89.6 Å². The molecule has 4 heterocycles. The Hall–Kier alpha value is -6.10. The number of hydrogen-bond donors (Lipinski definition) is 0. The molecule has 0 aliphatic carbocycles. The molecule has 0 spiro atoms. The summed E-state index contributed by atoms with van der Waals surface area (Å²) < 4.78 is 11.1. The summed E-state index contributed by atoms with van der Waals surface area (Å²) in [6, 6.07) is 51.1. The Bertz CT molecular complexity index is 2830. The number of aromatic nitrogens is 4. The second-order valence-corrected chi connectivity index (χ2v) is 13.4. The van der Waals surface area contributed by atoms with Gasteiger partial charge >= 0.3 is 0 Å². The van der Waals surface area contributed by atoms with Crippen molar-refractivity contribution in [1.82, 2.24) is 19.1 Å². The Morgan fingerprint density at radius 3 is 2.26 bits per heavy atom. The summed E-state index contributed by atoms with van der Waals surface area (Å²) in [5.41, 5.74) is 12.8. The van der Waals surface area contributed by atoms with Crippen LogP contribution in [0.1, 0.15) is 16.7 Å². The smallest absolute Gasteiger partial charge is 0.135 e. The molecule has 6 nitrogen and oxygen atoms in total. The van der Waals surface area contributed by atoms with E-state index in [-0.39, 0.29) is 21.1 Å². The fraction of sp³-hybridized carbons (Fsp3) is 0.0652. The maximum absolute atomic E-state index is 6.78. The Balaban J connectivity index is 0.00000372. The molecule has 0 bridgehead atoms. The molecule has 7 heteroatoms. The minimum absolute atomic E-state index is 0. The number of fused-ring (bicyclic) bond motifs is 8. The van der Waals surface area contributed by atoms with E-state index >= 15 is 0 Å². The van der Waals surface area contributed by atoms with Crippen LogP contribution in [0.15, 0.2) is 134 Å². The van der Waals surface area contributed by atoms with Gasteiger partial charge in [0.25, 0.3) is 0 Å². The van der Waals surface area contributed by atoms with E-state index in [0.29, 0.717) is 11.5 Å². The number of pyridine rings is 1. The van der Waals surface area contributed by atoms with Crippen molar-refractivity contribution in [2.45, 2.75) is 20.8 Å². The molecular weight excluding hydrogens is 834 g/mol. The van der Waals surface area contributed by atoms with Crippen LogP contribution < -0.4 is 9.64 Å². The molecule has 3 aromatic heterocycles. The van der Waals surface area contributed by atoms with Crippen molar-refractivity contribution in [3.05, 3.63) is 169 Å². The van der Waals surface area contributed by atoms with Crippen LogP contribution in [0.5, 0.6) is 11.5 Å². The zero-order valence-corrected chi connectivity index (χ0v) is 31.5. The van der Waals surface area contributed by atoms with Crippen LogP contribution in [0.2, 0.25) is 0 Å². The van der Waals surface area contributed by atoms with Crippen molar-refractivity contribution < 1.29 is 25.8 Å². The molecule has 1 aliphatic heterocycles. The minimum Gasteiger partial charge on any atom is -0.509 e. The number of para-hydroxylation sites is 4. The van der Waals surface area contributed by atoms with E-state index in [9.17, 15) is 0 Å². The maximum atomic E-state index is 6.78. The van der Waals surface area contributed by atoms with Gasteiger partial charge in [-0.3, -0.25) is 0 Å². The van der Waals surface area contributed by atoms with E-state index in [0.717, 1.165) is 67.0 Å². The van der Waals surface area contributed by atoms with E-state index < -0.39 is 0 Å². The number of aryl methyl sites for hydroxylation is 3. The molecule has 260 valence electrons. The zero-order valence-electron chi connectivity index (χ0n) is 29.2. The first-order chi connectivity index (χ1) is 25.5. The van der Waals surface area contributed by atoms with Crippen molar-refractivity contribution in [1.29, 1.82) is 0 Å². The Kier molecular flexibility index (Phi) is 7.94. The van der Waals surface area contributed by atoms with Crippen LogP contribution in [0.3, 0.4) is 0 Å². The number of hydrogen-bond acceptors (Lipinski definition) is 4. The molecule has 0 fully saturated rings. The van der Waals surface area contributed by atoms with Crippen molar-refractivity contribution in [3.63, 3.8) is 0 Å². The molecular formula is C46H32N5OPt-3. The first-order valence-electron chi connectivity index (χ1n) is 17.4. The van der Waals surface area contributed by atoms with Crippen LogP contribution in [-0.4, -0.2) is 19.1 Å². The number of benzene rings is 6. The Morgan fingerprint density at radius 1 is 0.679 bits per heavy atom. The largest absolute Gasteiger partial charge is 0.509 e.